The average Bonchev–Trinajstić information content (AvgIpc) is 2.61. The van der Waals surface area contributed by atoms with Crippen molar-refractivity contribution in [3.8, 4) is 5.75 Å². The smallest absolute Gasteiger partial charge is 0.122 e. The highest BCUT2D eigenvalue weighted by Crippen LogP contribution is 2.40. The van der Waals surface area contributed by atoms with E-state index in [1.54, 1.807) is 7.11 Å². The molecule has 3 aromatic rings. The van der Waals surface area contributed by atoms with Gasteiger partial charge in [0.1, 0.15) is 5.75 Å². The maximum atomic E-state index is 5.56. The van der Waals surface area contributed by atoms with Gasteiger partial charge in [-0.1, -0.05) is 72.8 Å². The summed E-state index contributed by atoms with van der Waals surface area (Å²) in [5.41, 5.74) is 2.63. The van der Waals surface area contributed by atoms with Crippen molar-refractivity contribution in [2.45, 2.75) is 13.1 Å². The lowest BCUT2D eigenvalue weighted by atomic mass is 10.2. The number of rotatable bonds is 5. The van der Waals surface area contributed by atoms with Crippen molar-refractivity contribution in [3.63, 3.8) is 0 Å². The van der Waals surface area contributed by atoms with Gasteiger partial charge in [0, 0.05) is 14.6 Å². The Morgan fingerprint density at radius 1 is 0.792 bits per heavy atom. The largest absolute Gasteiger partial charge is 0.496 e. The van der Waals surface area contributed by atoms with Gasteiger partial charge in [-0.05, 0) is 42.6 Å². The summed E-state index contributed by atoms with van der Waals surface area (Å²) in [6, 6.07) is 27.9. The van der Waals surface area contributed by atoms with Crippen molar-refractivity contribution in [1.29, 1.82) is 0 Å². The van der Waals surface area contributed by atoms with E-state index in [1.165, 1.54) is 21.7 Å². The lowest BCUT2D eigenvalue weighted by Crippen LogP contribution is -2.15. The van der Waals surface area contributed by atoms with Gasteiger partial charge in [-0.25, -0.2) is 0 Å². The molecule has 0 N–H and O–H groups in total. The van der Waals surface area contributed by atoms with Crippen molar-refractivity contribution in [2.24, 2.45) is 0 Å². The van der Waals surface area contributed by atoms with Crippen LogP contribution in [0.25, 0.3) is 0 Å². The lowest BCUT2D eigenvalue weighted by Gasteiger charge is -2.22. The van der Waals surface area contributed by atoms with E-state index in [9.17, 15) is 0 Å². The number of methoxy groups -OCH3 is 1. The van der Waals surface area contributed by atoms with Crippen LogP contribution >= 0.6 is 7.92 Å². The molecule has 0 aliphatic heterocycles. The Kier molecular flexibility index (Phi) is 6.64. The van der Waals surface area contributed by atoms with E-state index >= 15 is 0 Å². The van der Waals surface area contributed by atoms with Crippen molar-refractivity contribution in [3.05, 3.63) is 90.0 Å². The predicted octanol–water partition coefficient (Wildman–Crippen LogP) is 4.26. The zero-order chi connectivity index (χ0) is 16.1. The summed E-state index contributed by atoms with van der Waals surface area (Å²) in [6.07, 6.45) is 0.994. The highest BCUT2D eigenvalue weighted by Gasteiger charge is 2.17. The Bertz CT molecular complexity index is 774. The highest BCUT2D eigenvalue weighted by atomic mass is 31.1. The second-order valence-corrected chi connectivity index (χ2v) is 7.69. The van der Waals surface area contributed by atoms with E-state index in [0.29, 0.717) is 0 Å². The third kappa shape index (κ3) is 4.07. The van der Waals surface area contributed by atoms with Crippen LogP contribution in [0.15, 0.2) is 78.9 Å². The fourth-order valence-electron chi connectivity index (χ4n) is 2.79. The third-order valence-corrected chi connectivity index (χ3v) is 6.66. The number of hydrogen-bond acceptors (Lipinski definition) is 1. The number of benzene rings is 3. The standard InChI is InChI=1S/C21H21OP.B/c1-17-10-6-9-15-21(17)23(19-12-4-3-5-13-19)16-18-11-7-8-14-20(18)22-2;/h3-15H,16H2,1-2H3;. The van der Waals surface area contributed by atoms with E-state index in [2.05, 4.69) is 73.7 Å². The molecule has 3 heteroatoms. The van der Waals surface area contributed by atoms with Gasteiger partial charge in [-0.2, -0.15) is 0 Å². The van der Waals surface area contributed by atoms with E-state index in [0.717, 1.165) is 11.9 Å². The zero-order valence-electron chi connectivity index (χ0n) is 14.1. The van der Waals surface area contributed by atoms with Crippen LogP contribution in [0, 0.1) is 6.92 Å². The number of hydrogen-bond donors (Lipinski definition) is 0. The Morgan fingerprint density at radius 3 is 2.12 bits per heavy atom. The molecule has 1 nitrogen and oxygen atoms in total. The van der Waals surface area contributed by atoms with Crippen LogP contribution in [0.5, 0.6) is 5.75 Å². The van der Waals surface area contributed by atoms with Crippen molar-refractivity contribution >= 4 is 26.9 Å². The van der Waals surface area contributed by atoms with Crippen molar-refractivity contribution < 1.29 is 4.74 Å². The van der Waals surface area contributed by atoms with Gasteiger partial charge in [-0.3, -0.25) is 0 Å². The number of para-hydroxylation sites is 1. The molecule has 119 valence electrons. The summed E-state index contributed by atoms with van der Waals surface area (Å²) in [6.45, 7) is 2.20. The van der Waals surface area contributed by atoms with Gasteiger partial charge in [0.25, 0.3) is 0 Å². The van der Waals surface area contributed by atoms with Crippen LogP contribution in [-0.4, -0.2) is 15.5 Å². The fourth-order valence-corrected chi connectivity index (χ4v) is 5.33. The minimum absolute atomic E-state index is 0. The first-order valence-electron chi connectivity index (χ1n) is 7.79. The van der Waals surface area contributed by atoms with E-state index in [1.807, 2.05) is 12.1 Å². The summed E-state index contributed by atoms with van der Waals surface area (Å²) in [5.74, 6) is 0.976. The first kappa shape index (κ1) is 18.3. The molecule has 0 heterocycles. The van der Waals surface area contributed by atoms with Gasteiger partial charge >= 0.3 is 0 Å². The maximum absolute atomic E-state index is 5.56. The summed E-state index contributed by atoms with van der Waals surface area (Å²) < 4.78 is 5.56. The molecule has 0 bridgehead atoms. The van der Waals surface area contributed by atoms with E-state index in [4.69, 9.17) is 4.74 Å². The van der Waals surface area contributed by atoms with Crippen molar-refractivity contribution in [2.75, 3.05) is 7.11 Å². The second kappa shape index (κ2) is 8.71. The van der Waals surface area contributed by atoms with Gasteiger partial charge in [0.2, 0.25) is 0 Å². The Labute approximate surface area is 148 Å². The summed E-state index contributed by atoms with van der Waals surface area (Å²) in [7, 11) is 1.30. The maximum Gasteiger partial charge on any atom is 0.122 e. The molecule has 0 saturated heterocycles. The molecule has 0 fully saturated rings. The molecular formula is C21H21BOP. The monoisotopic (exact) mass is 331 g/mol. The Morgan fingerprint density at radius 2 is 1.42 bits per heavy atom. The summed E-state index contributed by atoms with van der Waals surface area (Å²) in [5, 5.41) is 2.85. The van der Waals surface area contributed by atoms with Crippen LogP contribution in [0.2, 0.25) is 0 Å². The van der Waals surface area contributed by atoms with E-state index in [-0.39, 0.29) is 8.41 Å². The normalized spacial score (nSPS) is 11.4. The van der Waals surface area contributed by atoms with Gasteiger partial charge in [-0.15, -0.1) is 0 Å². The second-order valence-electron chi connectivity index (χ2n) is 5.52. The average molecular weight is 331 g/mol. The zero-order valence-corrected chi connectivity index (χ0v) is 15.0. The molecule has 3 aromatic carbocycles. The van der Waals surface area contributed by atoms with E-state index < -0.39 is 7.92 Å². The minimum Gasteiger partial charge on any atom is -0.496 e. The highest BCUT2D eigenvalue weighted by molar-refractivity contribution is 7.72. The van der Waals surface area contributed by atoms with Crippen LogP contribution < -0.4 is 15.3 Å². The molecule has 1 atom stereocenters. The molecule has 1 unspecified atom stereocenters. The minimum atomic E-state index is -0.450. The number of aryl methyl sites for hydroxylation is 1. The third-order valence-electron chi connectivity index (χ3n) is 4.00. The summed E-state index contributed by atoms with van der Waals surface area (Å²) in [4.78, 5) is 0. The molecule has 0 amide bonds. The Balaban J connectivity index is 0.00000208. The molecule has 0 spiro atoms. The molecular weight excluding hydrogens is 310 g/mol. The van der Waals surface area contributed by atoms with Gasteiger partial charge in [0.05, 0.1) is 7.11 Å². The van der Waals surface area contributed by atoms with Crippen LogP contribution in [-0.2, 0) is 6.16 Å². The first-order valence-corrected chi connectivity index (χ1v) is 9.32. The first-order chi connectivity index (χ1) is 11.3. The van der Waals surface area contributed by atoms with Gasteiger partial charge < -0.3 is 4.74 Å². The van der Waals surface area contributed by atoms with Crippen LogP contribution in [0.1, 0.15) is 11.1 Å². The predicted molar refractivity (Wildman–Crippen MR) is 106 cm³/mol. The van der Waals surface area contributed by atoms with Crippen LogP contribution in [0.3, 0.4) is 0 Å². The lowest BCUT2D eigenvalue weighted by molar-refractivity contribution is 0.411. The van der Waals surface area contributed by atoms with Crippen molar-refractivity contribution in [1.82, 2.24) is 0 Å². The fraction of sp³-hybridized carbons (Fsp3) is 0.143. The number of ether oxygens (including phenoxy) is 1. The van der Waals surface area contributed by atoms with Gasteiger partial charge in [0.15, 0.2) is 0 Å². The molecule has 3 radical (unpaired) electrons. The summed E-state index contributed by atoms with van der Waals surface area (Å²) >= 11 is 0. The molecule has 0 aromatic heterocycles. The SMILES string of the molecule is COc1ccccc1CP(c1ccccc1)c1ccccc1C.[B]. The molecule has 0 aliphatic rings. The molecule has 0 aliphatic carbocycles. The quantitative estimate of drug-likeness (QED) is 0.501. The molecule has 0 saturated carbocycles. The molecule has 24 heavy (non-hydrogen) atoms. The molecule has 3 rings (SSSR count). The topological polar surface area (TPSA) is 9.23 Å². The Hall–Kier alpha value is -2.05. The van der Waals surface area contributed by atoms with Crippen LogP contribution in [0.4, 0.5) is 0 Å².